The van der Waals surface area contributed by atoms with Crippen molar-refractivity contribution in [1.82, 2.24) is 0 Å². The van der Waals surface area contributed by atoms with Gasteiger partial charge < -0.3 is 0 Å². The maximum absolute atomic E-state index is 2.57. The molecule has 1 atom stereocenters. The molecular formula is C68H58BP. The van der Waals surface area contributed by atoms with E-state index in [-0.39, 0.29) is 23.0 Å². The monoisotopic (exact) mass is 916 g/mol. The summed E-state index contributed by atoms with van der Waals surface area (Å²) in [7, 11) is -0.788. The van der Waals surface area contributed by atoms with Crippen LogP contribution in [0.2, 0.25) is 0 Å². The van der Waals surface area contributed by atoms with Crippen molar-refractivity contribution >= 4 is 57.7 Å². The molecule has 0 N–H and O–H groups in total. The van der Waals surface area contributed by atoms with Crippen molar-refractivity contribution in [3.8, 4) is 44.5 Å². The van der Waals surface area contributed by atoms with Crippen LogP contribution >= 0.6 is 7.92 Å². The molecule has 12 rings (SSSR count). The van der Waals surface area contributed by atoms with E-state index in [1.165, 1.54) is 115 Å². The Kier molecular flexibility index (Phi) is 10.6. The van der Waals surface area contributed by atoms with E-state index in [0.717, 1.165) is 0 Å². The first-order valence-corrected chi connectivity index (χ1v) is 26.4. The Morgan fingerprint density at radius 1 is 0.343 bits per heavy atom. The van der Waals surface area contributed by atoms with Gasteiger partial charge in [-0.25, -0.2) is 0 Å². The van der Waals surface area contributed by atoms with Crippen molar-refractivity contribution in [3.63, 3.8) is 0 Å². The van der Waals surface area contributed by atoms with Gasteiger partial charge in [0.25, 0.3) is 0 Å². The molecule has 0 saturated heterocycles. The summed E-state index contributed by atoms with van der Waals surface area (Å²) >= 11 is 0. The molecule has 70 heavy (non-hydrogen) atoms. The summed E-state index contributed by atoms with van der Waals surface area (Å²) in [5, 5.41) is 6.78. The third-order valence-electron chi connectivity index (χ3n) is 15.8. The lowest BCUT2D eigenvalue weighted by Crippen LogP contribution is -2.51. The topological polar surface area (TPSA) is 0 Å². The largest absolute Gasteiger partial charge is 0.241 e. The van der Waals surface area contributed by atoms with Gasteiger partial charge in [-0.1, -0.05) is 271 Å². The SMILES string of the molecule is CC(C)(C)c1ccc([P@](c2ccccc2)c2cccc3c(-c4ccc5c(c4)C(C)(C)c4cc6c(cc4-5)-c4ccc(-c5ccc(B(c7ccccc7)c7ccccc7)cc5)cc4C6(C)C)cccc23)cc1. The summed E-state index contributed by atoms with van der Waals surface area (Å²) in [5.74, 6) is 0. The van der Waals surface area contributed by atoms with Gasteiger partial charge >= 0.3 is 0 Å². The fraction of sp³-hybridized carbons (Fsp3) is 0.147. The molecule has 2 aliphatic carbocycles. The van der Waals surface area contributed by atoms with Crippen LogP contribution in [0.15, 0.2) is 224 Å². The zero-order valence-corrected chi connectivity index (χ0v) is 42.3. The van der Waals surface area contributed by atoms with Crippen LogP contribution in [0, 0.1) is 0 Å². The van der Waals surface area contributed by atoms with E-state index in [1.54, 1.807) is 0 Å². The highest BCUT2D eigenvalue weighted by atomic mass is 31.1. The van der Waals surface area contributed by atoms with Gasteiger partial charge in [-0.2, -0.15) is 0 Å². The molecule has 0 nitrogen and oxygen atoms in total. The van der Waals surface area contributed by atoms with Crippen LogP contribution < -0.4 is 32.3 Å². The molecule has 10 aromatic carbocycles. The molecule has 0 radical (unpaired) electrons. The Morgan fingerprint density at radius 3 is 1.40 bits per heavy atom. The van der Waals surface area contributed by atoms with Gasteiger partial charge in [0.2, 0.25) is 6.71 Å². The van der Waals surface area contributed by atoms with E-state index >= 15 is 0 Å². The normalized spacial score (nSPS) is 14.4. The molecule has 0 unspecified atom stereocenters. The molecule has 10 aromatic rings. The van der Waals surface area contributed by atoms with Gasteiger partial charge in [0, 0.05) is 10.8 Å². The smallest absolute Gasteiger partial charge is 0.0687 e. The van der Waals surface area contributed by atoms with Crippen molar-refractivity contribution in [3.05, 3.63) is 252 Å². The summed E-state index contributed by atoms with van der Waals surface area (Å²) in [5.41, 5.74) is 21.2. The Bertz CT molecular complexity index is 3560. The van der Waals surface area contributed by atoms with E-state index in [2.05, 4.69) is 273 Å². The van der Waals surface area contributed by atoms with Crippen molar-refractivity contribution in [1.29, 1.82) is 0 Å². The van der Waals surface area contributed by atoms with Crippen LogP contribution in [0.5, 0.6) is 0 Å². The minimum absolute atomic E-state index is 0.105. The molecule has 0 aliphatic heterocycles. The number of fused-ring (bicyclic) bond motifs is 7. The number of hydrogen-bond acceptors (Lipinski definition) is 0. The first-order valence-electron chi connectivity index (χ1n) is 25.0. The Hall–Kier alpha value is -7.05. The van der Waals surface area contributed by atoms with Crippen LogP contribution in [0.4, 0.5) is 0 Å². The van der Waals surface area contributed by atoms with E-state index in [4.69, 9.17) is 0 Å². The predicted octanol–water partition coefficient (Wildman–Crippen LogP) is 14.4. The van der Waals surface area contributed by atoms with Gasteiger partial charge in [0.15, 0.2) is 0 Å². The van der Waals surface area contributed by atoms with E-state index < -0.39 is 7.92 Å². The van der Waals surface area contributed by atoms with Gasteiger partial charge in [-0.05, 0) is 131 Å². The Labute approximate surface area is 417 Å². The average Bonchev–Trinajstić information content (AvgIpc) is 3.74. The molecule has 0 aromatic heterocycles. The maximum atomic E-state index is 2.57. The average molecular weight is 917 g/mol. The highest BCUT2D eigenvalue weighted by Gasteiger charge is 2.42. The van der Waals surface area contributed by atoms with Crippen LogP contribution in [0.25, 0.3) is 55.3 Å². The highest BCUT2D eigenvalue weighted by Crippen LogP contribution is 2.57. The molecule has 0 saturated carbocycles. The minimum Gasteiger partial charge on any atom is -0.0687 e. The highest BCUT2D eigenvalue weighted by molar-refractivity contribution is 7.80. The van der Waals surface area contributed by atoms with Gasteiger partial charge in [0.1, 0.15) is 0 Å². The number of rotatable bonds is 8. The minimum atomic E-state index is -0.788. The van der Waals surface area contributed by atoms with Crippen molar-refractivity contribution in [2.24, 2.45) is 0 Å². The van der Waals surface area contributed by atoms with Gasteiger partial charge in [-0.15, -0.1) is 0 Å². The lowest BCUT2D eigenvalue weighted by Gasteiger charge is -2.26. The standard InChI is InChI=1S/C68H58BP/c1-66(2,3)48-33-37-53(38-34-48)70(52-23-15-10-16-24-52)65-28-18-26-55-54(25-17-27-58(55)65)47-32-40-57-60-43-59-56-39-31-46(41-61(56)67(4,5)63(59)44-64(60)68(6,7)62(57)42-47)45-29-35-51(36-30-45)69(49-19-11-8-12-20-49)50-21-13-9-14-22-50/h8-44H,1-7H3/t70-/m0/s1. The molecule has 0 fully saturated rings. The summed E-state index contributed by atoms with van der Waals surface area (Å²) in [4.78, 5) is 0. The lowest BCUT2D eigenvalue weighted by molar-refractivity contribution is 0.590. The van der Waals surface area contributed by atoms with Crippen molar-refractivity contribution in [2.75, 3.05) is 0 Å². The first kappa shape index (κ1) is 44.2. The second-order valence-corrected chi connectivity index (χ2v) is 23.9. The second kappa shape index (κ2) is 16.8. The molecule has 0 bridgehead atoms. The molecule has 2 aliphatic rings. The molecule has 0 amide bonds. The first-order chi connectivity index (χ1) is 33.9. The zero-order valence-electron chi connectivity index (χ0n) is 41.4. The van der Waals surface area contributed by atoms with Gasteiger partial charge in [0.05, 0.1) is 0 Å². The van der Waals surface area contributed by atoms with Gasteiger partial charge in [-0.3, -0.25) is 0 Å². The second-order valence-electron chi connectivity index (χ2n) is 21.7. The van der Waals surface area contributed by atoms with E-state index in [1.807, 2.05) is 0 Å². The Morgan fingerprint density at radius 2 is 0.814 bits per heavy atom. The fourth-order valence-electron chi connectivity index (χ4n) is 11.9. The molecule has 2 heteroatoms. The van der Waals surface area contributed by atoms with Crippen molar-refractivity contribution < 1.29 is 0 Å². The third-order valence-corrected chi connectivity index (χ3v) is 18.3. The number of benzene rings is 10. The third kappa shape index (κ3) is 7.32. The predicted molar refractivity (Wildman–Crippen MR) is 305 cm³/mol. The molecule has 338 valence electrons. The maximum Gasteiger partial charge on any atom is 0.241 e. The summed E-state index contributed by atoms with van der Waals surface area (Å²) in [6, 6.07) is 85.1. The molecule has 0 spiro atoms. The number of hydrogen-bond donors (Lipinski definition) is 0. The lowest BCUT2D eigenvalue weighted by atomic mass is 9.37. The van der Waals surface area contributed by atoms with Crippen LogP contribution in [0.1, 0.15) is 76.3 Å². The summed E-state index contributed by atoms with van der Waals surface area (Å²) in [6.45, 7) is 16.8. The molecular weight excluding hydrogens is 859 g/mol. The van der Waals surface area contributed by atoms with Crippen molar-refractivity contribution in [2.45, 2.75) is 64.7 Å². The summed E-state index contributed by atoms with van der Waals surface area (Å²) in [6.07, 6.45) is 0. The van der Waals surface area contributed by atoms with Crippen LogP contribution in [-0.2, 0) is 16.2 Å². The Balaban J connectivity index is 0.889. The van der Waals surface area contributed by atoms with Crippen LogP contribution in [0.3, 0.4) is 0 Å². The van der Waals surface area contributed by atoms with Crippen LogP contribution in [-0.4, -0.2) is 6.71 Å². The van der Waals surface area contributed by atoms with E-state index in [9.17, 15) is 0 Å². The van der Waals surface area contributed by atoms with E-state index in [0.29, 0.717) is 0 Å². The summed E-state index contributed by atoms with van der Waals surface area (Å²) < 4.78 is 0. The molecule has 0 heterocycles. The fourth-order valence-corrected chi connectivity index (χ4v) is 14.3. The zero-order chi connectivity index (χ0) is 47.9. The quantitative estimate of drug-likeness (QED) is 0.105.